The maximum Gasteiger partial charge on any atom is 0.167 e. The standard InChI is InChI=1S/C23H27F3O/c1-3-5-6-16-8-9-17(13-20(16)24)18-10-11-19(23(26)22(18)25)21-12-7-15(4-2)14-27-21/h8-11,13,15,21H,3-7,12,14H2,1-2H3. The average molecular weight is 376 g/mol. The summed E-state index contributed by atoms with van der Waals surface area (Å²) in [5, 5.41) is 0. The fourth-order valence-corrected chi connectivity index (χ4v) is 3.69. The molecule has 0 radical (unpaired) electrons. The Labute approximate surface area is 159 Å². The van der Waals surface area contributed by atoms with E-state index < -0.39 is 17.7 Å². The third-order valence-corrected chi connectivity index (χ3v) is 5.57. The quantitative estimate of drug-likeness (QED) is 0.528. The number of hydrogen-bond acceptors (Lipinski definition) is 1. The third-order valence-electron chi connectivity index (χ3n) is 5.57. The molecular weight excluding hydrogens is 349 g/mol. The lowest BCUT2D eigenvalue weighted by Gasteiger charge is -2.29. The van der Waals surface area contributed by atoms with Gasteiger partial charge in [-0.3, -0.25) is 0 Å². The van der Waals surface area contributed by atoms with Crippen molar-refractivity contribution in [2.24, 2.45) is 5.92 Å². The van der Waals surface area contributed by atoms with Crippen molar-refractivity contribution < 1.29 is 17.9 Å². The molecular formula is C23H27F3O. The Morgan fingerprint density at radius 3 is 2.44 bits per heavy atom. The number of ether oxygens (including phenoxy) is 1. The molecule has 1 heterocycles. The van der Waals surface area contributed by atoms with Gasteiger partial charge in [-0.1, -0.05) is 51.0 Å². The van der Waals surface area contributed by atoms with Crippen molar-refractivity contribution in [2.75, 3.05) is 6.61 Å². The molecule has 1 aliphatic heterocycles. The molecule has 0 saturated carbocycles. The van der Waals surface area contributed by atoms with Crippen molar-refractivity contribution in [2.45, 2.75) is 58.5 Å². The number of halogens is 3. The molecule has 0 amide bonds. The molecule has 2 aromatic carbocycles. The summed E-state index contributed by atoms with van der Waals surface area (Å²) < 4.78 is 49.5. The summed E-state index contributed by atoms with van der Waals surface area (Å²) in [4.78, 5) is 0. The fraction of sp³-hybridized carbons (Fsp3) is 0.478. The van der Waals surface area contributed by atoms with E-state index in [1.54, 1.807) is 18.2 Å². The van der Waals surface area contributed by atoms with E-state index in [-0.39, 0.29) is 16.9 Å². The van der Waals surface area contributed by atoms with Gasteiger partial charge in [0.1, 0.15) is 5.82 Å². The van der Waals surface area contributed by atoms with Crippen LogP contribution in [0.15, 0.2) is 30.3 Å². The number of hydrogen-bond donors (Lipinski definition) is 0. The predicted molar refractivity (Wildman–Crippen MR) is 102 cm³/mol. The molecule has 0 N–H and O–H groups in total. The molecule has 0 spiro atoms. The Kier molecular flexibility index (Phi) is 6.59. The zero-order chi connectivity index (χ0) is 19.4. The fourth-order valence-electron chi connectivity index (χ4n) is 3.69. The van der Waals surface area contributed by atoms with Crippen LogP contribution in [-0.4, -0.2) is 6.61 Å². The molecule has 146 valence electrons. The Balaban J connectivity index is 1.84. The van der Waals surface area contributed by atoms with Crippen LogP contribution in [0.25, 0.3) is 11.1 Å². The van der Waals surface area contributed by atoms with Crippen LogP contribution in [0.3, 0.4) is 0 Å². The summed E-state index contributed by atoms with van der Waals surface area (Å²) in [6.45, 7) is 4.73. The van der Waals surface area contributed by atoms with Crippen LogP contribution in [0, 0.1) is 23.4 Å². The highest BCUT2D eigenvalue weighted by Crippen LogP contribution is 2.36. The van der Waals surface area contributed by atoms with Crippen LogP contribution < -0.4 is 0 Å². The van der Waals surface area contributed by atoms with Crippen LogP contribution in [0.1, 0.15) is 63.2 Å². The van der Waals surface area contributed by atoms with Crippen LogP contribution in [0.4, 0.5) is 13.2 Å². The Hall–Kier alpha value is -1.81. The van der Waals surface area contributed by atoms with Crippen LogP contribution in [-0.2, 0) is 11.2 Å². The minimum absolute atomic E-state index is 0.0828. The van der Waals surface area contributed by atoms with Gasteiger partial charge in [0.2, 0.25) is 0 Å². The summed E-state index contributed by atoms with van der Waals surface area (Å²) >= 11 is 0. The molecule has 3 rings (SSSR count). The molecule has 0 bridgehead atoms. The second kappa shape index (κ2) is 8.92. The molecule has 2 aromatic rings. The molecule has 0 aliphatic carbocycles. The Morgan fingerprint density at radius 2 is 1.81 bits per heavy atom. The van der Waals surface area contributed by atoms with Gasteiger partial charge in [-0.15, -0.1) is 0 Å². The van der Waals surface area contributed by atoms with Crippen molar-refractivity contribution in [1.82, 2.24) is 0 Å². The number of aryl methyl sites for hydroxylation is 1. The molecule has 2 unspecified atom stereocenters. The van der Waals surface area contributed by atoms with E-state index in [9.17, 15) is 13.2 Å². The lowest BCUT2D eigenvalue weighted by molar-refractivity contribution is -0.0200. The number of benzene rings is 2. The smallest absolute Gasteiger partial charge is 0.167 e. The first-order valence-corrected chi connectivity index (χ1v) is 9.93. The molecule has 1 aliphatic rings. The first-order chi connectivity index (χ1) is 13.0. The van der Waals surface area contributed by atoms with Crippen LogP contribution in [0.5, 0.6) is 0 Å². The molecule has 2 atom stereocenters. The normalized spacial score (nSPS) is 20.0. The van der Waals surface area contributed by atoms with E-state index in [4.69, 9.17) is 4.74 Å². The van der Waals surface area contributed by atoms with Gasteiger partial charge in [-0.2, -0.15) is 0 Å². The van der Waals surface area contributed by atoms with E-state index in [0.717, 1.165) is 25.7 Å². The lowest BCUT2D eigenvalue weighted by Crippen LogP contribution is -2.21. The molecule has 1 fully saturated rings. The first-order valence-electron chi connectivity index (χ1n) is 9.93. The maximum absolute atomic E-state index is 14.7. The van der Waals surface area contributed by atoms with Gasteiger partial charge in [-0.05, 0) is 48.8 Å². The third kappa shape index (κ3) is 4.37. The summed E-state index contributed by atoms with van der Waals surface area (Å²) in [6.07, 6.45) is 4.78. The molecule has 0 aromatic heterocycles. The van der Waals surface area contributed by atoms with E-state index >= 15 is 0 Å². The second-order valence-electron chi connectivity index (χ2n) is 7.41. The predicted octanol–water partition coefficient (Wildman–Crippen LogP) is 6.99. The van der Waals surface area contributed by atoms with Crippen molar-refractivity contribution in [3.05, 3.63) is 58.9 Å². The topological polar surface area (TPSA) is 9.23 Å². The van der Waals surface area contributed by atoms with Gasteiger partial charge in [-0.25, -0.2) is 13.2 Å². The van der Waals surface area contributed by atoms with Gasteiger partial charge in [0.15, 0.2) is 11.6 Å². The largest absolute Gasteiger partial charge is 0.373 e. The summed E-state index contributed by atoms with van der Waals surface area (Å²) in [5.74, 6) is -1.70. The zero-order valence-corrected chi connectivity index (χ0v) is 16.0. The van der Waals surface area contributed by atoms with Crippen LogP contribution in [0.2, 0.25) is 0 Å². The van der Waals surface area contributed by atoms with Gasteiger partial charge in [0.05, 0.1) is 12.7 Å². The first kappa shape index (κ1) is 19.9. The minimum Gasteiger partial charge on any atom is -0.373 e. The van der Waals surface area contributed by atoms with E-state index in [1.807, 2.05) is 6.92 Å². The van der Waals surface area contributed by atoms with E-state index in [2.05, 4.69) is 6.92 Å². The lowest BCUT2D eigenvalue weighted by atomic mass is 9.91. The summed E-state index contributed by atoms with van der Waals surface area (Å²) in [6, 6.07) is 7.73. The SMILES string of the molecule is CCCCc1ccc(-c2ccc(C3CCC(CC)CO3)c(F)c2F)cc1F. The Morgan fingerprint density at radius 1 is 1.00 bits per heavy atom. The van der Waals surface area contributed by atoms with Crippen molar-refractivity contribution >= 4 is 0 Å². The van der Waals surface area contributed by atoms with E-state index in [1.165, 1.54) is 12.1 Å². The molecule has 4 heteroatoms. The highest BCUT2D eigenvalue weighted by molar-refractivity contribution is 5.65. The maximum atomic E-state index is 14.7. The summed E-state index contributed by atoms with van der Waals surface area (Å²) in [7, 11) is 0. The van der Waals surface area contributed by atoms with Crippen molar-refractivity contribution in [3.63, 3.8) is 0 Å². The average Bonchev–Trinajstić information content (AvgIpc) is 2.69. The summed E-state index contributed by atoms with van der Waals surface area (Å²) in [5.41, 5.74) is 1.30. The van der Waals surface area contributed by atoms with Crippen molar-refractivity contribution in [1.29, 1.82) is 0 Å². The monoisotopic (exact) mass is 376 g/mol. The van der Waals surface area contributed by atoms with Gasteiger partial charge < -0.3 is 4.74 Å². The van der Waals surface area contributed by atoms with Crippen molar-refractivity contribution in [3.8, 4) is 11.1 Å². The minimum atomic E-state index is -0.936. The van der Waals surface area contributed by atoms with Gasteiger partial charge in [0.25, 0.3) is 0 Å². The van der Waals surface area contributed by atoms with E-state index in [0.29, 0.717) is 36.5 Å². The zero-order valence-electron chi connectivity index (χ0n) is 16.0. The second-order valence-corrected chi connectivity index (χ2v) is 7.41. The number of unbranched alkanes of at least 4 members (excludes halogenated alkanes) is 1. The van der Waals surface area contributed by atoms with Gasteiger partial charge >= 0.3 is 0 Å². The van der Waals surface area contributed by atoms with Gasteiger partial charge in [0, 0.05) is 11.1 Å². The highest BCUT2D eigenvalue weighted by atomic mass is 19.2. The molecule has 27 heavy (non-hydrogen) atoms. The number of rotatable bonds is 6. The highest BCUT2D eigenvalue weighted by Gasteiger charge is 2.26. The molecule has 1 saturated heterocycles. The van der Waals surface area contributed by atoms with Crippen LogP contribution >= 0.6 is 0 Å². The molecule has 1 nitrogen and oxygen atoms in total. The Bertz CT molecular complexity index is 779.